The van der Waals surface area contributed by atoms with Crippen molar-refractivity contribution in [1.82, 2.24) is 0 Å². The predicted octanol–water partition coefficient (Wildman–Crippen LogP) is 4.15. The van der Waals surface area contributed by atoms with E-state index in [1.165, 1.54) is 12.8 Å². The van der Waals surface area contributed by atoms with Crippen LogP contribution in [0.5, 0.6) is 0 Å². The summed E-state index contributed by atoms with van der Waals surface area (Å²) in [4.78, 5) is 0. The molecule has 12 heavy (non-hydrogen) atoms. The molecule has 0 fully saturated rings. The first-order valence-electron chi connectivity index (χ1n) is 4.93. The van der Waals surface area contributed by atoms with Crippen molar-refractivity contribution in [2.75, 3.05) is 0 Å². The maximum Gasteiger partial charge on any atom is -0.00819 e. The normalized spacial score (nSPS) is 14.6. The molecule has 0 aliphatic heterocycles. The van der Waals surface area contributed by atoms with Gasteiger partial charge in [-0.2, -0.15) is 0 Å². The Morgan fingerprint density at radius 1 is 1.25 bits per heavy atom. The van der Waals surface area contributed by atoms with E-state index in [4.69, 9.17) is 0 Å². The second-order valence-corrected chi connectivity index (χ2v) is 3.12. The summed E-state index contributed by atoms with van der Waals surface area (Å²) in [6, 6.07) is 0. The van der Waals surface area contributed by atoms with Crippen LogP contribution in [0.3, 0.4) is 0 Å². The van der Waals surface area contributed by atoms with Gasteiger partial charge in [0.05, 0.1) is 0 Å². The lowest BCUT2D eigenvalue weighted by atomic mass is 10.1. The molecule has 0 aromatic heterocycles. The molecule has 0 aliphatic rings. The molecule has 1 radical (unpaired) electrons. The van der Waals surface area contributed by atoms with Crippen LogP contribution in [0.4, 0.5) is 0 Å². The lowest BCUT2D eigenvalue weighted by Crippen LogP contribution is -1.81. The molecule has 0 saturated carbocycles. The van der Waals surface area contributed by atoms with E-state index >= 15 is 0 Å². The molecule has 0 aromatic carbocycles. The molecule has 0 aliphatic carbocycles. The van der Waals surface area contributed by atoms with Gasteiger partial charge >= 0.3 is 0 Å². The third-order valence-electron chi connectivity index (χ3n) is 1.74. The van der Waals surface area contributed by atoms with E-state index in [2.05, 4.69) is 45.1 Å². The predicted molar refractivity (Wildman–Crippen MR) is 56.9 cm³/mol. The van der Waals surface area contributed by atoms with E-state index in [1.54, 1.807) is 0 Å². The van der Waals surface area contributed by atoms with Gasteiger partial charge < -0.3 is 0 Å². The first kappa shape index (κ1) is 11.5. The molecule has 0 heterocycles. The Morgan fingerprint density at radius 2 is 1.92 bits per heavy atom. The molecule has 0 nitrogen and oxygen atoms in total. The molecule has 1 unspecified atom stereocenters. The van der Waals surface area contributed by atoms with E-state index in [-0.39, 0.29) is 0 Å². The summed E-state index contributed by atoms with van der Waals surface area (Å²) in [5.74, 6) is 0.592. The van der Waals surface area contributed by atoms with Gasteiger partial charge in [-0.05, 0) is 25.2 Å². The molecule has 0 N–H and O–H groups in total. The Hall–Kier alpha value is -0.520. The van der Waals surface area contributed by atoms with E-state index in [0.717, 1.165) is 12.8 Å². The maximum absolute atomic E-state index is 3.80. The number of hydrogen-bond donors (Lipinski definition) is 0. The number of hydrogen-bond acceptors (Lipinski definition) is 0. The summed E-state index contributed by atoms with van der Waals surface area (Å²) in [6.45, 7) is 8.18. The zero-order chi connectivity index (χ0) is 9.23. The molecule has 1 atom stereocenters. The third kappa shape index (κ3) is 7.59. The molecule has 0 amide bonds. The van der Waals surface area contributed by atoms with Gasteiger partial charge in [0.2, 0.25) is 0 Å². The fourth-order valence-electron chi connectivity index (χ4n) is 0.988. The van der Waals surface area contributed by atoms with Gasteiger partial charge in [-0.1, -0.05) is 51.5 Å². The third-order valence-corrected chi connectivity index (χ3v) is 1.74. The molecular weight excluding hydrogens is 144 g/mol. The van der Waals surface area contributed by atoms with Gasteiger partial charge in [0.25, 0.3) is 0 Å². The fourth-order valence-corrected chi connectivity index (χ4v) is 0.988. The monoisotopic (exact) mass is 165 g/mol. The van der Waals surface area contributed by atoms with Gasteiger partial charge in [-0.3, -0.25) is 0 Å². The average molecular weight is 165 g/mol. The van der Waals surface area contributed by atoms with Gasteiger partial charge in [-0.25, -0.2) is 0 Å². The minimum Gasteiger partial charge on any atom is -0.0882 e. The highest BCUT2D eigenvalue weighted by molar-refractivity contribution is 4.98. The lowest BCUT2D eigenvalue weighted by molar-refractivity contribution is 0.848. The second kappa shape index (κ2) is 8.58. The highest BCUT2D eigenvalue weighted by Crippen LogP contribution is 2.03. The van der Waals surface area contributed by atoms with Crippen molar-refractivity contribution in [3.05, 3.63) is 31.2 Å². The van der Waals surface area contributed by atoms with E-state index < -0.39 is 0 Å². The van der Waals surface area contributed by atoms with Crippen LogP contribution in [0.2, 0.25) is 0 Å². The fraction of sp³-hybridized carbons (Fsp3) is 0.583. The van der Waals surface area contributed by atoms with Crippen molar-refractivity contribution in [3.63, 3.8) is 0 Å². The molecule has 69 valence electrons. The summed E-state index contributed by atoms with van der Waals surface area (Å²) in [6.07, 6.45) is 13.6. The highest BCUT2D eigenvalue weighted by atomic mass is 13.9. The summed E-state index contributed by atoms with van der Waals surface area (Å²) < 4.78 is 0. The number of allylic oxidation sites excluding steroid dienone is 4. The van der Waals surface area contributed by atoms with E-state index in [9.17, 15) is 0 Å². The minimum absolute atomic E-state index is 0.592. The van der Waals surface area contributed by atoms with Crippen molar-refractivity contribution >= 4 is 0 Å². The zero-order valence-corrected chi connectivity index (χ0v) is 8.42. The Kier molecular flexibility index (Phi) is 8.20. The van der Waals surface area contributed by atoms with Crippen molar-refractivity contribution in [1.29, 1.82) is 0 Å². The average Bonchev–Trinajstić information content (AvgIpc) is 2.09. The molecule has 0 heteroatoms. The Morgan fingerprint density at radius 3 is 2.50 bits per heavy atom. The molecule has 0 rings (SSSR count). The van der Waals surface area contributed by atoms with Crippen molar-refractivity contribution in [2.45, 2.75) is 39.5 Å². The van der Waals surface area contributed by atoms with Crippen LogP contribution in [0.15, 0.2) is 24.3 Å². The Balaban J connectivity index is 3.46. The van der Waals surface area contributed by atoms with Crippen LogP contribution in [-0.4, -0.2) is 0 Å². The second-order valence-electron chi connectivity index (χ2n) is 3.12. The standard InChI is InChI=1S/C12H21/c1-4-6-8-9-11-12(3)10-7-5-2/h7,9-12H,1,4-6,8H2,2-3H3. The summed E-state index contributed by atoms with van der Waals surface area (Å²) in [5, 5.41) is 0. The van der Waals surface area contributed by atoms with Crippen molar-refractivity contribution in [3.8, 4) is 0 Å². The van der Waals surface area contributed by atoms with Gasteiger partial charge in [0.1, 0.15) is 0 Å². The quantitative estimate of drug-likeness (QED) is 0.409. The van der Waals surface area contributed by atoms with Crippen molar-refractivity contribution < 1.29 is 0 Å². The van der Waals surface area contributed by atoms with Gasteiger partial charge in [0, 0.05) is 0 Å². The van der Waals surface area contributed by atoms with E-state index in [0.29, 0.717) is 5.92 Å². The van der Waals surface area contributed by atoms with Crippen LogP contribution in [0, 0.1) is 12.8 Å². The minimum atomic E-state index is 0.592. The lowest BCUT2D eigenvalue weighted by Gasteiger charge is -1.96. The van der Waals surface area contributed by atoms with Crippen LogP contribution in [-0.2, 0) is 0 Å². The molecule has 0 saturated heterocycles. The summed E-state index contributed by atoms with van der Waals surface area (Å²) >= 11 is 0. The first-order valence-corrected chi connectivity index (χ1v) is 4.93. The van der Waals surface area contributed by atoms with Crippen LogP contribution >= 0.6 is 0 Å². The molecule has 0 aromatic rings. The highest BCUT2D eigenvalue weighted by Gasteiger charge is 1.87. The largest absolute Gasteiger partial charge is 0.0882 e. The zero-order valence-electron chi connectivity index (χ0n) is 8.42. The Labute approximate surface area is 77.4 Å². The summed E-state index contributed by atoms with van der Waals surface area (Å²) in [7, 11) is 0. The smallest absolute Gasteiger partial charge is 0.00819 e. The number of unbranched alkanes of at least 4 members (excludes halogenated alkanes) is 2. The maximum atomic E-state index is 3.80. The first-order chi connectivity index (χ1) is 5.81. The van der Waals surface area contributed by atoms with Gasteiger partial charge in [0.15, 0.2) is 0 Å². The van der Waals surface area contributed by atoms with Gasteiger partial charge in [-0.15, -0.1) is 0 Å². The number of rotatable bonds is 6. The molecular formula is C12H21. The van der Waals surface area contributed by atoms with E-state index in [1.807, 2.05) is 0 Å². The topological polar surface area (TPSA) is 0 Å². The van der Waals surface area contributed by atoms with Crippen LogP contribution in [0.25, 0.3) is 0 Å². The van der Waals surface area contributed by atoms with Crippen LogP contribution < -0.4 is 0 Å². The SMILES string of the molecule is [CH2]CCCC=CC(C)C=CCC. The Bertz CT molecular complexity index is 131. The van der Waals surface area contributed by atoms with Crippen LogP contribution in [0.1, 0.15) is 39.5 Å². The molecule has 0 bridgehead atoms. The molecule has 0 spiro atoms. The van der Waals surface area contributed by atoms with Crippen molar-refractivity contribution in [2.24, 2.45) is 5.92 Å². The summed E-state index contributed by atoms with van der Waals surface area (Å²) in [5.41, 5.74) is 0.